The molecular formula is C12H18ClN3O. The van der Waals surface area contributed by atoms with Crippen molar-refractivity contribution in [1.82, 2.24) is 10.2 Å². The molecule has 1 amide bonds. The number of halogens is 1. The van der Waals surface area contributed by atoms with Crippen LogP contribution in [0.4, 0.5) is 5.69 Å². The standard InChI is InChI=1S/C12H18ClN3O/c1-8(16(2)3)7-15-12(17)9-5-4-6-10(14)11(9)13/h4-6,8H,7,14H2,1-3H3,(H,15,17). The van der Waals surface area contributed by atoms with E-state index >= 15 is 0 Å². The van der Waals surface area contributed by atoms with Crippen LogP contribution in [0.3, 0.4) is 0 Å². The normalized spacial score (nSPS) is 12.5. The summed E-state index contributed by atoms with van der Waals surface area (Å²) >= 11 is 5.97. The van der Waals surface area contributed by atoms with Gasteiger partial charge >= 0.3 is 0 Å². The molecule has 4 nitrogen and oxygen atoms in total. The van der Waals surface area contributed by atoms with Gasteiger partial charge in [-0.3, -0.25) is 4.79 Å². The lowest BCUT2D eigenvalue weighted by molar-refractivity contribution is 0.0944. The summed E-state index contributed by atoms with van der Waals surface area (Å²) in [4.78, 5) is 13.9. The highest BCUT2D eigenvalue weighted by Crippen LogP contribution is 2.22. The van der Waals surface area contributed by atoms with Gasteiger partial charge in [0.25, 0.3) is 5.91 Å². The van der Waals surface area contributed by atoms with E-state index in [1.165, 1.54) is 0 Å². The molecule has 0 saturated heterocycles. The Bertz CT molecular complexity index is 407. The first-order valence-corrected chi connectivity index (χ1v) is 5.80. The number of rotatable bonds is 4. The van der Waals surface area contributed by atoms with Gasteiger partial charge in [-0.15, -0.1) is 0 Å². The Kier molecular flexibility index (Phi) is 4.78. The lowest BCUT2D eigenvalue weighted by atomic mass is 10.2. The smallest absolute Gasteiger partial charge is 0.252 e. The third-order valence-electron chi connectivity index (χ3n) is 2.71. The number of hydrogen-bond donors (Lipinski definition) is 2. The third-order valence-corrected chi connectivity index (χ3v) is 3.13. The third kappa shape index (κ3) is 3.61. The zero-order chi connectivity index (χ0) is 13.0. The fourth-order valence-corrected chi connectivity index (χ4v) is 1.46. The van der Waals surface area contributed by atoms with Gasteiger partial charge in [-0.2, -0.15) is 0 Å². The van der Waals surface area contributed by atoms with Crippen LogP contribution in [-0.4, -0.2) is 37.5 Å². The number of hydrogen-bond acceptors (Lipinski definition) is 3. The Morgan fingerprint density at radius 1 is 1.53 bits per heavy atom. The quantitative estimate of drug-likeness (QED) is 0.804. The van der Waals surface area contributed by atoms with Crippen molar-refractivity contribution in [3.05, 3.63) is 28.8 Å². The molecule has 1 aromatic carbocycles. The van der Waals surface area contributed by atoms with Gasteiger partial charge < -0.3 is 16.0 Å². The molecule has 0 aliphatic heterocycles. The van der Waals surface area contributed by atoms with E-state index in [1.807, 2.05) is 25.9 Å². The van der Waals surface area contributed by atoms with Crippen LogP contribution in [0.25, 0.3) is 0 Å². The number of nitrogens with two attached hydrogens (primary N) is 1. The summed E-state index contributed by atoms with van der Waals surface area (Å²) in [5.74, 6) is -0.198. The van der Waals surface area contributed by atoms with Crippen molar-refractivity contribution in [3.8, 4) is 0 Å². The zero-order valence-electron chi connectivity index (χ0n) is 10.3. The molecule has 0 aromatic heterocycles. The molecule has 0 aliphatic rings. The number of amides is 1. The van der Waals surface area contributed by atoms with Crippen LogP contribution in [0.1, 0.15) is 17.3 Å². The molecule has 0 saturated carbocycles. The SMILES string of the molecule is CC(CNC(=O)c1cccc(N)c1Cl)N(C)C. The van der Waals surface area contributed by atoms with Crippen molar-refractivity contribution in [1.29, 1.82) is 0 Å². The first-order chi connectivity index (χ1) is 7.93. The van der Waals surface area contributed by atoms with Crippen LogP contribution in [-0.2, 0) is 0 Å². The van der Waals surface area contributed by atoms with E-state index in [2.05, 4.69) is 5.32 Å². The van der Waals surface area contributed by atoms with Crippen molar-refractivity contribution >= 4 is 23.2 Å². The van der Waals surface area contributed by atoms with E-state index in [1.54, 1.807) is 18.2 Å². The van der Waals surface area contributed by atoms with Crippen molar-refractivity contribution in [2.75, 3.05) is 26.4 Å². The Labute approximate surface area is 107 Å². The molecule has 0 radical (unpaired) electrons. The lowest BCUT2D eigenvalue weighted by Gasteiger charge is -2.20. The van der Waals surface area contributed by atoms with Crippen molar-refractivity contribution in [2.45, 2.75) is 13.0 Å². The molecule has 17 heavy (non-hydrogen) atoms. The number of benzene rings is 1. The van der Waals surface area contributed by atoms with Crippen molar-refractivity contribution in [2.24, 2.45) is 0 Å². The molecule has 5 heteroatoms. The van der Waals surface area contributed by atoms with E-state index in [0.29, 0.717) is 22.8 Å². The maximum absolute atomic E-state index is 11.9. The topological polar surface area (TPSA) is 58.4 Å². The van der Waals surface area contributed by atoms with Crippen LogP contribution >= 0.6 is 11.6 Å². The molecule has 0 bridgehead atoms. The van der Waals surface area contributed by atoms with E-state index in [9.17, 15) is 4.79 Å². The van der Waals surface area contributed by atoms with Gasteiger partial charge in [0, 0.05) is 12.6 Å². The van der Waals surface area contributed by atoms with Crippen LogP contribution in [0.5, 0.6) is 0 Å². The van der Waals surface area contributed by atoms with Crippen LogP contribution in [0.15, 0.2) is 18.2 Å². The lowest BCUT2D eigenvalue weighted by Crippen LogP contribution is -2.38. The molecular weight excluding hydrogens is 238 g/mol. The Morgan fingerprint density at radius 3 is 2.76 bits per heavy atom. The number of carbonyl (C=O) groups excluding carboxylic acids is 1. The molecule has 94 valence electrons. The molecule has 0 fully saturated rings. The summed E-state index contributed by atoms with van der Waals surface area (Å²) in [6.07, 6.45) is 0. The second-order valence-electron chi connectivity index (χ2n) is 4.23. The maximum Gasteiger partial charge on any atom is 0.252 e. The Hall–Kier alpha value is -1.26. The second-order valence-corrected chi connectivity index (χ2v) is 4.61. The predicted molar refractivity (Wildman–Crippen MR) is 71.3 cm³/mol. The molecule has 1 atom stereocenters. The van der Waals surface area contributed by atoms with Gasteiger partial charge in [0.2, 0.25) is 0 Å². The molecule has 3 N–H and O–H groups in total. The molecule has 0 spiro atoms. The van der Waals surface area contributed by atoms with E-state index in [4.69, 9.17) is 17.3 Å². The number of nitrogens with one attached hydrogen (secondary N) is 1. The first kappa shape index (κ1) is 13.8. The van der Waals surface area contributed by atoms with Gasteiger partial charge in [0.1, 0.15) is 0 Å². The number of carbonyl (C=O) groups is 1. The molecule has 1 unspecified atom stereocenters. The fourth-order valence-electron chi connectivity index (χ4n) is 1.24. The van der Waals surface area contributed by atoms with Gasteiger partial charge in [-0.1, -0.05) is 17.7 Å². The highest BCUT2D eigenvalue weighted by atomic mass is 35.5. The van der Waals surface area contributed by atoms with Gasteiger partial charge in [-0.25, -0.2) is 0 Å². The average molecular weight is 256 g/mol. The van der Waals surface area contributed by atoms with Crippen molar-refractivity contribution < 1.29 is 4.79 Å². The minimum atomic E-state index is -0.198. The van der Waals surface area contributed by atoms with E-state index < -0.39 is 0 Å². The Morgan fingerprint density at radius 2 is 2.18 bits per heavy atom. The van der Waals surface area contributed by atoms with Crippen LogP contribution in [0.2, 0.25) is 5.02 Å². The highest BCUT2D eigenvalue weighted by Gasteiger charge is 2.13. The summed E-state index contributed by atoms with van der Waals surface area (Å²) < 4.78 is 0. The molecule has 0 heterocycles. The zero-order valence-corrected chi connectivity index (χ0v) is 11.1. The van der Waals surface area contributed by atoms with Crippen LogP contribution in [0, 0.1) is 0 Å². The summed E-state index contributed by atoms with van der Waals surface area (Å²) in [6.45, 7) is 2.60. The van der Waals surface area contributed by atoms with E-state index in [0.717, 1.165) is 0 Å². The highest BCUT2D eigenvalue weighted by molar-refractivity contribution is 6.36. The number of nitrogen functional groups attached to an aromatic ring is 1. The Balaban J connectivity index is 2.68. The molecule has 0 aliphatic carbocycles. The monoisotopic (exact) mass is 255 g/mol. The maximum atomic E-state index is 11.9. The molecule has 1 aromatic rings. The summed E-state index contributed by atoms with van der Waals surface area (Å²) in [5.41, 5.74) is 6.47. The van der Waals surface area contributed by atoms with Gasteiger partial charge in [0.15, 0.2) is 0 Å². The fraction of sp³-hybridized carbons (Fsp3) is 0.417. The largest absolute Gasteiger partial charge is 0.398 e. The van der Waals surface area contributed by atoms with Crippen LogP contribution < -0.4 is 11.1 Å². The number of nitrogens with zero attached hydrogens (tertiary/aromatic N) is 1. The summed E-state index contributed by atoms with van der Waals surface area (Å²) in [5, 5.41) is 3.14. The number of anilines is 1. The summed E-state index contributed by atoms with van der Waals surface area (Å²) in [6, 6.07) is 5.31. The summed E-state index contributed by atoms with van der Waals surface area (Å²) in [7, 11) is 3.93. The van der Waals surface area contributed by atoms with Gasteiger partial charge in [0.05, 0.1) is 16.3 Å². The second kappa shape index (κ2) is 5.89. The minimum Gasteiger partial charge on any atom is -0.398 e. The average Bonchev–Trinajstić information content (AvgIpc) is 2.29. The van der Waals surface area contributed by atoms with Gasteiger partial charge in [-0.05, 0) is 33.2 Å². The van der Waals surface area contributed by atoms with Crippen molar-refractivity contribution in [3.63, 3.8) is 0 Å². The molecule has 1 rings (SSSR count). The predicted octanol–water partition coefficient (Wildman–Crippen LogP) is 1.60. The van der Waals surface area contributed by atoms with E-state index in [-0.39, 0.29) is 11.9 Å². The number of likely N-dealkylation sites (N-methyl/N-ethyl adjacent to an activating group) is 1. The first-order valence-electron chi connectivity index (χ1n) is 5.42. The minimum absolute atomic E-state index is 0.198.